The van der Waals surface area contributed by atoms with Crippen molar-refractivity contribution in [3.05, 3.63) is 35.1 Å². The van der Waals surface area contributed by atoms with Crippen LogP contribution in [0, 0.1) is 12.7 Å². The molecule has 5 heteroatoms. The molecule has 2 rings (SSSR count). The molecular weight excluding hydrogens is 249 g/mol. The van der Waals surface area contributed by atoms with Gasteiger partial charge in [-0.15, -0.1) is 0 Å². The van der Waals surface area contributed by atoms with Gasteiger partial charge < -0.3 is 20.3 Å². The lowest BCUT2D eigenvalue weighted by atomic mass is 9.95. The summed E-state index contributed by atoms with van der Waals surface area (Å²) in [4.78, 5) is 0. The molecule has 1 saturated heterocycles. The molecule has 1 aromatic carbocycles. The van der Waals surface area contributed by atoms with E-state index in [1.54, 1.807) is 33.0 Å². The summed E-state index contributed by atoms with van der Waals surface area (Å²) in [6, 6.07) is 4.49. The lowest BCUT2D eigenvalue weighted by Crippen LogP contribution is -2.39. The highest BCUT2D eigenvalue weighted by Crippen LogP contribution is 2.31. The van der Waals surface area contributed by atoms with Crippen molar-refractivity contribution in [2.45, 2.75) is 44.3 Å². The first-order chi connectivity index (χ1) is 8.95. The Kier molecular flexibility index (Phi) is 4.20. The maximum atomic E-state index is 13.3. The molecule has 106 valence electrons. The number of hydrogen-bond donors (Lipinski definition) is 3. The zero-order valence-electron chi connectivity index (χ0n) is 11.3. The van der Waals surface area contributed by atoms with Gasteiger partial charge in [0.2, 0.25) is 0 Å². The monoisotopic (exact) mass is 269 g/mol. The lowest BCUT2D eigenvalue weighted by Gasteiger charge is -2.26. The summed E-state index contributed by atoms with van der Waals surface area (Å²) in [6.45, 7) is 3.41. The van der Waals surface area contributed by atoms with Crippen LogP contribution in [0.5, 0.6) is 0 Å². The number of aryl methyl sites for hydroxylation is 1. The quantitative estimate of drug-likeness (QED) is 0.763. The molecule has 19 heavy (non-hydrogen) atoms. The molecule has 0 radical (unpaired) electrons. The minimum absolute atomic E-state index is 0.264. The van der Waals surface area contributed by atoms with Crippen LogP contribution in [0.25, 0.3) is 0 Å². The fraction of sp³-hybridized carbons (Fsp3) is 0.571. The number of aliphatic hydroxyl groups is 2. The van der Waals surface area contributed by atoms with Gasteiger partial charge in [-0.25, -0.2) is 4.39 Å². The van der Waals surface area contributed by atoms with Gasteiger partial charge in [0, 0.05) is 0 Å². The van der Waals surface area contributed by atoms with Crippen LogP contribution in [-0.2, 0) is 4.74 Å². The third-order valence-electron chi connectivity index (χ3n) is 3.72. The molecule has 5 unspecified atom stereocenters. The van der Waals surface area contributed by atoms with Gasteiger partial charge in [-0.05, 0) is 38.1 Å². The standard InChI is InChI=1S/C14H20FNO3/c1-7-6-9(4-5-10(7)15)11(16-3)14-13(18)12(17)8(2)19-14/h4-6,8,11-14,16-18H,1-3H3. The Bertz CT molecular complexity index is 454. The topological polar surface area (TPSA) is 61.7 Å². The highest BCUT2D eigenvalue weighted by molar-refractivity contribution is 5.28. The van der Waals surface area contributed by atoms with Crippen LogP contribution in [0.1, 0.15) is 24.1 Å². The molecule has 1 heterocycles. The number of aliphatic hydroxyl groups excluding tert-OH is 2. The Balaban J connectivity index is 2.27. The summed E-state index contributed by atoms with van der Waals surface area (Å²) < 4.78 is 18.9. The van der Waals surface area contributed by atoms with Gasteiger partial charge in [0.1, 0.15) is 24.1 Å². The van der Waals surface area contributed by atoms with E-state index in [-0.39, 0.29) is 11.9 Å². The van der Waals surface area contributed by atoms with Crippen molar-refractivity contribution in [1.29, 1.82) is 0 Å². The van der Waals surface area contributed by atoms with Crippen LogP contribution < -0.4 is 5.32 Å². The first-order valence-electron chi connectivity index (χ1n) is 6.40. The molecule has 1 aliphatic rings. The molecule has 0 aromatic heterocycles. The van der Waals surface area contributed by atoms with Gasteiger partial charge in [-0.3, -0.25) is 0 Å². The van der Waals surface area contributed by atoms with Crippen LogP contribution in [-0.4, -0.2) is 41.7 Å². The van der Waals surface area contributed by atoms with Gasteiger partial charge in [0.15, 0.2) is 0 Å². The molecule has 0 amide bonds. The van der Waals surface area contributed by atoms with E-state index >= 15 is 0 Å². The number of benzene rings is 1. The number of halogens is 1. The van der Waals surface area contributed by atoms with Crippen molar-refractivity contribution in [3.63, 3.8) is 0 Å². The second-order valence-electron chi connectivity index (χ2n) is 5.06. The van der Waals surface area contributed by atoms with E-state index in [4.69, 9.17) is 4.74 Å². The van der Waals surface area contributed by atoms with Crippen molar-refractivity contribution in [3.8, 4) is 0 Å². The molecule has 5 atom stereocenters. The van der Waals surface area contributed by atoms with E-state index < -0.39 is 24.4 Å². The van der Waals surface area contributed by atoms with Crippen LogP contribution >= 0.6 is 0 Å². The second kappa shape index (κ2) is 5.54. The van der Waals surface area contributed by atoms with Gasteiger partial charge in [-0.1, -0.05) is 12.1 Å². The van der Waals surface area contributed by atoms with Crippen LogP contribution in [0.3, 0.4) is 0 Å². The number of nitrogens with one attached hydrogen (secondary N) is 1. The molecule has 1 aromatic rings. The van der Waals surface area contributed by atoms with Gasteiger partial charge in [0.25, 0.3) is 0 Å². The van der Waals surface area contributed by atoms with Gasteiger partial charge in [0.05, 0.1) is 12.1 Å². The minimum atomic E-state index is -0.960. The average Bonchev–Trinajstić information content (AvgIpc) is 2.63. The normalized spacial score (nSPS) is 32.5. The van der Waals surface area contributed by atoms with E-state index in [9.17, 15) is 14.6 Å². The highest BCUT2D eigenvalue weighted by atomic mass is 19.1. The fourth-order valence-corrected chi connectivity index (χ4v) is 2.54. The Morgan fingerprint density at radius 2 is 2.00 bits per heavy atom. The maximum absolute atomic E-state index is 13.3. The second-order valence-corrected chi connectivity index (χ2v) is 5.06. The minimum Gasteiger partial charge on any atom is -0.388 e. The van der Waals surface area contributed by atoms with Crippen molar-refractivity contribution < 1.29 is 19.3 Å². The summed E-state index contributed by atoms with van der Waals surface area (Å²) >= 11 is 0. The third-order valence-corrected chi connectivity index (χ3v) is 3.72. The van der Waals surface area contributed by atoms with Crippen molar-refractivity contribution in [2.24, 2.45) is 0 Å². The molecular formula is C14H20FNO3. The Labute approximate surface area is 112 Å². The first kappa shape index (κ1) is 14.4. The molecule has 0 aliphatic carbocycles. The SMILES string of the molecule is CNC(c1ccc(F)c(C)c1)C1OC(C)C(O)C1O. The first-order valence-corrected chi connectivity index (χ1v) is 6.40. The number of rotatable bonds is 3. The molecule has 4 nitrogen and oxygen atoms in total. The predicted molar refractivity (Wildman–Crippen MR) is 69.3 cm³/mol. The Morgan fingerprint density at radius 3 is 2.47 bits per heavy atom. The van der Waals surface area contributed by atoms with Crippen molar-refractivity contribution in [1.82, 2.24) is 5.32 Å². The van der Waals surface area contributed by atoms with E-state index in [0.717, 1.165) is 5.56 Å². The highest BCUT2D eigenvalue weighted by Gasteiger charge is 2.44. The average molecular weight is 269 g/mol. The predicted octanol–water partition coefficient (Wildman–Crippen LogP) is 0.904. The zero-order chi connectivity index (χ0) is 14.2. The number of likely N-dealkylation sites (N-methyl/N-ethyl adjacent to an activating group) is 1. The Morgan fingerprint density at radius 1 is 1.32 bits per heavy atom. The summed E-state index contributed by atoms with van der Waals surface area (Å²) in [5.41, 5.74) is 1.37. The molecule has 0 spiro atoms. The molecule has 0 saturated carbocycles. The number of ether oxygens (including phenoxy) is 1. The summed E-state index contributed by atoms with van der Waals surface area (Å²) in [7, 11) is 1.74. The van der Waals surface area contributed by atoms with Crippen molar-refractivity contribution >= 4 is 0 Å². The van der Waals surface area contributed by atoms with Crippen LogP contribution in [0.15, 0.2) is 18.2 Å². The summed E-state index contributed by atoms with van der Waals surface area (Å²) in [6.07, 6.45) is -2.84. The lowest BCUT2D eigenvalue weighted by molar-refractivity contribution is -0.00658. The smallest absolute Gasteiger partial charge is 0.126 e. The zero-order valence-corrected chi connectivity index (χ0v) is 11.3. The summed E-state index contributed by atoms with van der Waals surface area (Å²) in [5.74, 6) is -0.264. The van der Waals surface area contributed by atoms with Crippen LogP contribution in [0.4, 0.5) is 4.39 Å². The van der Waals surface area contributed by atoms with E-state index in [2.05, 4.69) is 5.32 Å². The van der Waals surface area contributed by atoms with E-state index in [1.165, 1.54) is 6.07 Å². The molecule has 0 bridgehead atoms. The summed E-state index contributed by atoms with van der Waals surface area (Å²) in [5, 5.41) is 22.8. The molecule has 3 N–H and O–H groups in total. The van der Waals surface area contributed by atoms with Crippen molar-refractivity contribution in [2.75, 3.05) is 7.05 Å². The maximum Gasteiger partial charge on any atom is 0.126 e. The molecule has 1 aliphatic heterocycles. The van der Waals surface area contributed by atoms with Gasteiger partial charge >= 0.3 is 0 Å². The van der Waals surface area contributed by atoms with E-state index in [1.807, 2.05) is 0 Å². The number of hydrogen-bond acceptors (Lipinski definition) is 4. The fourth-order valence-electron chi connectivity index (χ4n) is 2.54. The van der Waals surface area contributed by atoms with Gasteiger partial charge in [-0.2, -0.15) is 0 Å². The molecule has 1 fully saturated rings. The van der Waals surface area contributed by atoms with E-state index in [0.29, 0.717) is 5.56 Å². The Hall–Kier alpha value is -1.01. The third kappa shape index (κ3) is 2.65. The largest absolute Gasteiger partial charge is 0.388 e. The van der Waals surface area contributed by atoms with Crippen LogP contribution in [0.2, 0.25) is 0 Å².